The zero-order valence-electron chi connectivity index (χ0n) is 11.6. The van der Waals surface area contributed by atoms with Crippen molar-refractivity contribution >= 4 is 11.8 Å². The molecule has 2 aliphatic rings. The molecule has 0 bridgehead atoms. The first-order valence-electron chi connectivity index (χ1n) is 7.11. The van der Waals surface area contributed by atoms with E-state index in [1.54, 1.807) is 0 Å². The Kier molecular flexibility index (Phi) is 4.05. The molecule has 0 spiro atoms. The molecule has 0 aromatic carbocycles. The maximum Gasteiger partial charge on any atom is 0.246 e. The molecule has 102 valence electrons. The average molecular weight is 252 g/mol. The van der Waals surface area contributed by atoms with Crippen molar-refractivity contribution in [3.05, 3.63) is 0 Å². The van der Waals surface area contributed by atoms with E-state index in [4.69, 9.17) is 0 Å². The molecule has 4 nitrogen and oxygen atoms in total. The molecule has 0 aromatic rings. The minimum Gasteiger partial charge on any atom is -0.303 e. The number of nitrogens with one attached hydrogen (secondary N) is 1. The summed E-state index contributed by atoms with van der Waals surface area (Å²) in [5, 5.41) is 3.41. The van der Waals surface area contributed by atoms with Crippen molar-refractivity contribution in [1.29, 1.82) is 0 Å². The number of likely N-dealkylation sites (N-methyl/N-ethyl adjacent to an activating group) is 1. The van der Waals surface area contributed by atoms with Gasteiger partial charge in [0.25, 0.3) is 0 Å². The first kappa shape index (κ1) is 13.5. The Balaban J connectivity index is 1.94. The quantitative estimate of drug-likeness (QED) is 0.775. The summed E-state index contributed by atoms with van der Waals surface area (Å²) in [5.41, 5.74) is 0. The minimum absolute atomic E-state index is 0.0306. The second-order valence-corrected chi connectivity index (χ2v) is 6.01. The van der Waals surface area contributed by atoms with Gasteiger partial charge >= 0.3 is 0 Å². The molecule has 1 aliphatic heterocycles. The van der Waals surface area contributed by atoms with Gasteiger partial charge < -0.3 is 5.32 Å². The smallest absolute Gasteiger partial charge is 0.246 e. The van der Waals surface area contributed by atoms with Crippen molar-refractivity contribution in [2.24, 2.45) is 11.8 Å². The number of carbonyl (C=O) groups is 2. The van der Waals surface area contributed by atoms with Crippen molar-refractivity contribution in [3.8, 4) is 0 Å². The van der Waals surface area contributed by atoms with Gasteiger partial charge in [-0.25, -0.2) is 0 Å². The van der Waals surface area contributed by atoms with Crippen LogP contribution in [-0.4, -0.2) is 35.3 Å². The number of likely N-dealkylation sites (tertiary alicyclic amines) is 1. The fourth-order valence-electron chi connectivity index (χ4n) is 3.51. The Morgan fingerprint density at radius 2 is 1.78 bits per heavy atom. The van der Waals surface area contributed by atoms with Crippen LogP contribution in [0, 0.1) is 11.8 Å². The van der Waals surface area contributed by atoms with Gasteiger partial charge in [0.1, 0.15) is 0 Å². The maximum atomic E-state index is 12.0. The normalized spacial score (nSPS) is 37.4. The lowest BCUT2D eigenvalue weighted by Crippen LogP contribution is -2.46. The van der Waals surface area contributed by atoms with Gasteiger partial charge in [0.2, 0.25) is 11.8 Å². The van der Waals surface area contributed by atoms with E-state index >= 15 is 0 Å². The molecule has 1 saturated carbocycles. The number of nitrogens with zero attached hydrogens (tertiary/aromatic N) is 1. The first-order chi connectivity index (χ1) is 8.51. The van der Waals surface area contributed by atoms with E-state index in [1.165, 1.54) is 11.3 Å². The second kappa shape index (κ2) is 5.39. The van der Waals surface area contributed by atoms with Gasteiger partial charge in [-0.05, 0) is 38.0 Å². The van der Waals surface area contributed by atoms with Crippen LogP contribution in [0.4, 0.5) is 0 Å². The zero-order chi connectivity index (χ0) is 13.3. The molecular formula is C14H24N2O2. The third-order valence-corrected chi connectivity index (χ3v) is 4.18. The van der Waals surface area contributed by atoms with Crippen LogP contribution in [0.5, 0.6) is 0 Å². The predicted molar refractivity (Wildman–Crippen MR) is 69.9 cm³/mol. The highest BCUT2D eigenvalue weighted by Crippen LogP contribution is 2.29. The summed E-state index contributed by atoms with van der Waals surface area (Å²) >= 11 is 0. The van der Waals surface area contributed by atoms with Crippen LogP contribution in [-0.2, 0) is 9.59 Å². The van der Waals surface area contributed by atoms with E-state index in [9.17, 15) is 9.59 Å². The van der Waals surface area contributed by atoms with E-state index in [0.29, 0.717) is 30.8 Å². The predicted octanol–water partition coefficient (Wildman–Crippen LogP) is 1.55. The molecule has 3 atom stereocenters. The molecule has 0 radical (unpaired) electrons. The van der Waals surface area contributed by atoms with Gasteiger partial charge in [-0.2, -0.15) is 0 Å². The van der Waals surface area contributed by atoms with Crippen LogP contribution in [0.15, 0.2) is 0 Å². The van der Waals surface area contributed by atoms with Crippen molar-refractivity contribution in [3.63, 3.8) is 0 Å². The largest absolute Gasteiger partial charge is 0.303 e. The molecule has 2 rings (SSSR count). The van der Waals surface area contributed by atoms with E-state index in [1.807, 2.05) is 6.92 Å². The summed E-state index contributed by atoms with van der Waals surface area (Å²) < 4.78 is 0. The molecular weight excluding hydrogens is 228 g/mol. The number of rotatable bonds is 3. The number of hydrogen-bond acceptors (Lipinski definition) is 3. The third-order valence-electron chi connectivity index (χ3n) is 4.18. The summed E-state index contributed by atoms with van der Waals surface area (Å²) in [6, 6.07) is 0.113. The summed E-state index contributed by atoms with van der Waals surface area (Å²) in [7, 11) is 0. The Morgan fingerprint density at radius 1 is 1.17 bits per heavy atom. The molecule has 2 amide bonds. The van der Waals surface area contributed by atoms with Crippen molar-refractivity contribution < 1.29 is 9.59 Å². The summed E-state index contributed by atoms with van der Waals surface area (Å²) in [5.74, 6) is 1.35. The second-order valence-electron chi connectivity index (χ2n) is 6.01. The van der Waals surface area contributed by atoms with Gasteiger partial charge in [-0.1, -0.05) is 13.8 Å². The minimum atomic E-state index is -0.278. The number of carbonyl (C=O) groups excluding carboxylic acids is 2. The lowest BCUT2D eigenvalue weighted by Gasteiger charge is -2.33. The molecule has 1 heterocycles. The molecule has 0 aromatic heterocycles. The average Bonchev–Trinajstić information content (AvgIpc) is 2.52. The number of amides is 2. The van der Waals surface area contributed by atoms with Crippen LogP contribution < -0.4 is 5.32 Å². The fraction of sp³-hybridized carbons (Fsp3) is 0.857. The molecule has 4 heteroatoms. The Labute approximate surface area is 109 Å². The third kappa shape index (κ3) is 2.74. The van der Waals surface area contributed by atoms with E-state index in [-0.39, 0.29) is 17.9 Å². The van der Waals surface area contributed by atoms with Gasteiger partial charge in [-0.15, -0.1) is 0 Å². The fourth-order valence-corrected chi connectivity index (χ4v) is 3.51. The first-order valence-corrected chi connectivity index (χ1v) is 7.11. The monoisotopic (exact) mass is 252 g/mol. The number of imide groups is 1. The lowest BCUT2D eigenvalue weighted by molar-refractivity contribution is -0.138. The highest BCUT2D eigenvalue weighted by Gasteiger charge is 2.39. The zero-order valence-corrected chi connectivity index (χ0v) is 11.6. The SMILES string of the molecule is CCN1C(=O)CC(NC2CC(C)CC(C)C2)C1=O. The van der Waals surface area contributed by atoms with E-state index in [0.717, 1.165) is 12.8 Å². The van der Waals surface area contributed by atoms with Gasteiger partial charge in [-0.3, -0.25) is 14.5 Å². The van der Waals surface area contributed by atoms with Crippen LogP contribution in [0.25, 0.3) is 0 Å². The maximum absolute atomic E-state index is 12.0. The molecule has 18 heavy (non-hydrogen) atoms. The molecule has 1 aliphatic carbocycles. The molecule has 1 N–H and O–H groups in total. The summed E-state index contributed by atoms with van der Waals surface area (Å²) in [4.78, 5) is 25.1. The van der Waals surface area contributed by atoms with E-state index in [2.05, 4.69) is 19.2 Å². The van der Waals surface area contributed by atoms with Crippen molar-refractivity contribution in [2.45, 2.75) is 58.5 Å². The van der Waals surface area contributed by atoms with Crippen LogP contribution in [0.2, 0.25) is 0 Å². The highest BCUT2D eigenvalue weighted by atomic mass is 16.2. The standard InChI is InChI=1S/C14H24N2O2/c1-4-16-13(17)8-12(14(16)18)15-11-6-9(2)5-10(3)7-11/h9-12,15H,4-8H2,1-3H3. The molecule has 2 fully saturated rings. The highest BCUT2D eigenvalue weighted by molar-refractivity contribution is 6.05. The Bertz CT molecular complexity index is 333. The van der Waals surface area contributed by atoms with Crippen LogP contribution in [0.3, 0.4) is 0 Å². The van der Waals surface area contributed by atoms with Crippen LogP contribution >= 0.6 is 0 Å². The van der Waals surface area contributed by atoms with Crippen molar-refractivity contribution in [2.75, 3.05) is 6.54 Å². The molecule has 1 saturated heterocycles. The van der Waals surface area contributed by atoms with Gasteiger partial charge in [0.05, 0.1) is 12.5 Å². The van der Waals surface area contributed by atoms with Crippen LogP contribution in [0.1, 0.15) is 46.5 Å². The summed E-state index contributed by atoms with van der Waals surface area (Å²) in [6.07, 6.45) is 3.85. The molecule has 3 unspecified atom stereocenters. The Hall–Kier alpha value is -0.900. The lowest BCUT2D eigenvalue weighted by atomic mass is 9.80. The van der Waals surface area contributed by atoms with Gasteiger partial charge in [0, 0.05) is 12.6 Å². The van der Waals surface area contributed by atoms with Crippen molar-refractivity contribution in [1.82, 2.24) is 10.2 Å². The Morgan fingerprint density at radius 3 is 2.28 bits per heavy atom. The number of hydrogen-bond donors (Lipinski definition) is 1. The van der Waals surface area contributed by atoms with Gasteiger partial charge in [0.15, 0.2) is 0 Å². The summed E-state index contributed by atoms with van der Waals surface area (Å²) in [6.45, 7) is 6.88. The van der Waals surface area contributed by atoms with E-state index < -0.39 is 0 Å². The topological polar surface area (TPSA) is 49.4 Å².